The highest BCUT2D eigenvalue weighted by atomic mass is 32.1. The Balaban J connectivity index is 1.56. The van der Waals surface area contributed by atoms with Crippen LogP contribution in [0.4, 0.5) is 11.4 Å². The van der Waals surface area contributed by atoms with Crippen LogP contribution in [0.15, 0.2) is 53.9 Å². The molecule has 0 saturated heterocycles. The number of fused-ring (bicyclic) bond motifs is 1. The monoisotopic (exact) mass is 430 g/mol. The summed E-state index contributed by atoms with van der Waals surface area (Å²) in [5, 5.41) is 16.2. The van der Waals surface area contributed by atoms with E-state index in [-0.39, 0.29) is 11.8 Å². The fourth-order valence-electron chi connectivity index (χ4n) is 3.32. The minimum atomic E-state index is -0.108. The molecule has 0 aliphatic carbocycles. The van der Waals surface area contributed by atoms with Gasteiger partial charge in [0.25, 0.3) is 0 Å². The van der Waals surface area contributed by atoms with Crippen molar-refractivity contribution in [2.45, 2.75) is 20.3 Å². The summed E-state index contributed by atoms with van der Waals surface area (Å²) in [6.07, 6.45) is 4.21. The molecule has 0 fully saturated rings. The number of rotatable bonds is 6. The highest BCUT2D eigenvalue weighted by Crippen LogP contribution is 2.26. The van der Waals surface area contributed by atoms with Crippen LogP contribution in [0, 0.1) is 6.92 Å². The van der Waals surface area contributed by atoms with Crippen molar-refractivity contribution >= 4 is 57.6 Å². The van der Waals surface area contributed by atoms with Gasteiger partial charge in [-0.15, -0.1) is 11.3 Å². The Kier molecular flexibility index (Phi) is 5.95. The lowest BCUT2D eigenvalue weighted by atomic mass is 10.1. The fraction of sp³-hybridized carbons (Fsp3) is 0.125. The number of amides is 2. The van der Waals surface area contributed by atoms with Gasteiger partial charge in [0.15, 0.2) is 0 Å². The van der Waals surface area contributed by atoms with E-state index in [1.807, 2.05) is 73.0 Å². The molecular weight excluding hydrogens is 408 g/mol. The molecule has 6 nitrogen and oxygen atoms in total. The second kappa shape index (κ2) is 8.97. The molecule has 0 radical (unpaired) electrons. The Bertz CT molecular complexity index is 1270. The van der Waals surface area contributed by atoms with Crippen LogP contribution in [0.5, 0.6) is 0 Å². The molecule has 2 amide bonds. The Morgan fingerprint density at radius 3 is 2.74 bits per heavy atom. The molecule has 2 heterocycles. The smallest absolute Gasteiger partial charge is 0.229 e. The van der Waals surface area contributed by atoms with Crippen LogP contribution in [0.25, 0.3) is 23.1 Å². The molecule has 0 bridgehead atoms. The van der Waals surface area contributed by atoms with Crippen molar-refractivity contribution < 1.29 is 9.59 Å². The topological polar surface area (TPSA) is 86.9 Å². The summed E-state index contributed by atoms with van der Waals surface area (Å²) in [7, 11) is 0. The predicted molar refractivity (Wildman–Crippen MR) is 127 cm³/mol. The number of carbonyl (C=O) groups is 2. The van der Waals surface area contributed by atoms with E-state index in [0.29, 0.717) is 6.42 Å². The van der Waals surface area contributed by atoms with Crippen molar-refractivity contribution in [3.05, 3.63) is 75.6 Å². The number of aromatic amines is 1. The first kappa shape index (κ1) is 20.6. The van der Waals surface area contributed by atoms with Crippen molar-refractivity contribution in [1.29, 1.82) is 0 Å². The summed E-state index contributed by atoms with van der Waals surface area (Å²) in [6, 6.07) is 15.4. The van der Waals surface area contributed by atoms with Gasteiger partial charge in [0.1, 0.15) is 0 Å². The predicted octanol–water partition coefficient (Wildman–Crippen LogP) is 5.24. The fourth-order valence-corrected chi connectivity index (χ4v) is 4.02. The largest absolute Gasteiger partial charge is 0.326 e. The van der Waals surface area contributed by atoms with E-state index >= 15 is 0 Å². The molecule has 0 aliphatic heterocycles. The van der Waals surface area contributed by atoms with E-state index in [4.69, 9.17) is 0 Å². The quantitative estimate of drug-likeness (QED) is 0.391. The lowest BCUT2D eigenvalue weighted by Crippen LogP contribution is -2.14. The normalized spacial score (nSPS) is 11.2. The average molecular weight is 431 g/mol. The Labute approximate surface area is 184 Å². The number of thiophene rings is 1. The summed E-state index contributed by atoms with van der Waals surface area (Å²) in [6.45, 7) is 3.45. The second-order valence-corrected chi connectivity index (χ2v) is 8.30. The zero-order valence-electron chi connectivity index (χ0n) is 17.2. The number of H-pyrrole nitrogens is 1. The lowest BCUT2D eigenvalue weighted by Gasteiger charge is -2.08. The number of aromatic nitrogens is 2. The van der Waals surface area contributed by atoms with Gasteiger partial charge in [0, 0.05) is 28.6 Å². The van der Waals surface area contributed by atoms with Gasteiger partial charge < -0.3 is 10.6 Å². The number of nitrogens with one attached hydrogen (secondary N) is 3. The highest BCUT2D eigenvalue weighted by Gasteiger charge is 2.11. The van der Waals surface area contributed by atoms with Crippen LogP contribution in [0.2, 0.25) is 0 Å². The molecule has 4 aromatic rings. The average Bonchev–Trinajstić information content (AvgIpc) is 3.36. The number of hydrogen-bond donors (Lipinski definition) is 3. The first-order chi connectivity index (χ1) is 15.0. The van der Waals surface area contributed by atoms with Gasteiger partial charge in [0.2, 0.25) is 11.8 Å². The zero-order valence-corrected chi connectivity index (χ0v) is 18.0. The van der Waals surface area contributed by atoms with Crippen molar-refractivity contribution in [1.82, 2.24) is 10.2 Å². The maximum Gasteiger partial charge on any atom is 0.229 e. The van der Waals surface area contributed by atoms with E-state index in [0.717, 1.165) is 44.0 Å². The van der Waals surface area contributed by atoms with Gasteiger partial charge in [0.05, 0.1) is 17.6 Å². The van der Waals surface area contributed by atoms with E-state index in [1.165, 1.54) is 6.92 Å². The second-order valence-electron chi connectivity index (χ2n) is 7.27. The lowest BCUT2D eigenvalue weighted by molar-refractivity contribution is -0.115. The summed E-state index contributed by atoms with van der Waals surface area (Å²) in [4.78, 5) is 24.7. The maximum absolute atomic E-state index is 12.4. The standard InChI is InChI=1S/C24H22N4O2S/c1-15-11-23-20(14-22(15)26-24(30)13-19-7-4-10-31-19)21(27-28-23)9-8-17-5-3-6-18(12-17)25-16(2)29/h3-12,14H,13H2,1-2H3,(H,25,29)(H,26,30)(H,27,28)/b9-8+. The third kappa shape index (κ3) is 5.07. The molecule has 0 spiro atoms. The molecule has 7 heteroatoms. The van der Waals surface area contributed by atoms with E-state index in [9.17, 15) is 9.59 Å². The molecule has 0 saturated carbocycles. The third-order valence-corrected chi connectivity index (χ3v) is 5.64. The van der Waals surface area contributed by atoms with Gasteiger partial charge >= 0.3 is 0 Å². The van der Waals surface area contributed by atoms with Gasteiger partial charge in [-0.25, -0.2) is 0 Å². The van der Waals surface area contributed by atoms with Crippen molar-refractivity contribution in [2.75, 3.05) is 10.6 Å². The number of hydrogen-bond acceptors (Lipinski definition) is 4. The van der Waals surface area contributed by atoms with Gasteiger partial charge in [-0.1, -0.05) is 24.3 Å². The summed E-state index contributed by atoms with van der Waals surface area (Å²) in [5.41, 5.74) is 5.10. The third-order valence-electron chi connectivity index (χ3n) is 4.77. The van der Waals surface area contributed by atoms with Gasteiger partial charge in [-0.05, 0) is 59.8 Å². The van der Waals surface area contributed by atoms with E-state index < -0.39 is 0 Å². The molecular formula is C24H22N4O2S. The summed E-state index contributed by atoms with van der Waals surface area (Å²) < 4.78 is 0. The highest BCUT2D eigenvalue weighted by molar-refractivity contribution is 7.10. The van der Waals surface area contributed by atoms with Crippen LogP contribution in [-0.2, 0) is 16.0 Å². The molecule has 4 rings (SSSR count). The number of benzene rings is 2. The van der Waals surface area contributed by atoms with Gasteiger partial charge in [-0.2, -0.15) is 5.10 Å². The molecule has 31 heavy (non-hydrogen) atoms. The molecule has 0 unspecified atom stereocenters. The van der Waals surface area contributed by atoms with Crippen molar-refractivity contribution in [2.24, 2.45) is 0 Å². The molecule has 156 valence electrons. The van der Waals surface area contributed by atoms with Crippen molar-refractivity contribution in [3.63, 3.8) is 0 Å². The molecule has 0 aliphatic rings. The molecule has 2 aromatic heterocycles. The van der Waals surface area contributed by atoms with E-state index in [1.54, 1.807) is 11.3 Å². The maximum atomic E-state index is 12.4. The Hall–Kier alpha value is -3.71. The first-order valence-electron chi connectivity index (χ1n) is 9.84. The van der Waals surface area contributed by atoms with E-state index in [2.05, 4.69) is 20.8 Å². The van der Waals surface area contributed by atoms with Gasteiger partial charge in [-0.3, -0.25) is 14.7 Å². The molecule has 0 atom stereocenters. The van der Waals surface area contributed by atoms with Crippen LogP contribution in [0.1, 0.15) is 28.6 Å². The van der Waals surface area contributed by atoms with Crippen molar-refractivity contribution in [3.8, 4) is 0 Å². The van der Waals surface area contributed by atoms with Crippen LogP contribution in [-0.4, -0.2) is 22.0 Å². The Morgan fingerprint density at radius 2 is 1.97 bits per heavy atom. The van der Waals surface area contributed by atoms with Crippen LogP contribution >= 0.6 is 11.3 Å². The summed E-state index contributed by atoms with van der Waals surface area (Å²) >= 11 is 1.57. The van der Waals surface area contributed by atoms with Crippen LogP contribution < -0.4 is 10.6 Å². The van der Waals surface area contributed by atoms with Crippen LogP contribution in [0.3, 0.4) is 0 Å². The minimum absolute atomic E-state index is 0.0414. The summed E-state index contributed by atoms with van der Waals surface area (Å²) in [5.74, 6) is -0.149. The molecule has 2 aromatic carbocycles. The number of nitrogens with zero attached hydrogens (tertiary/aromatic N) is 1. The SMILES string of the molecule is CC(=O)Nc1cccc(/C=C/c2n[nH]c3cc(C)c(NC(=O)Cc4cccs4)cc23)c1. The number of aryl methyl sites for hydroxylation is 1. The number of carbonyl (C=O) groups excluding carboxylic acids is 2. The first-order valence-corrected chi connectivity index (χ1v) is 10.7. The Morgan fingerprint density at radius 1 is 1.10 bits per heavy atom. The number of anilines is 2. The molecule has 3 N–H and O–H groups in total. The minimum Gasteiger partial charge on any atom is -0.326 e. The zero-order chi connectivity index (χ0) is 21.8.